The van der Waals surface area contributed by atoms with Crippen molar-refractivity contribution in [2.24, 2.45) is 0 Å². The van der Waals surface area contributed by atoms with Crippen molar-refractivity contribution in [1.29, 1.82) is 0 Å². The maximum absolute atomic E-state index is 6.08. The first-order valence-electron chi connectivity index (χ1n) is 13.4. The highest BCUT2D eigenvalue weighted by molar-refractivity contribution is 7.80. The first-order valence-corrected chi connectivity index (χ1v) is 13.8. The third-order valence-electron chi connectivity index (χ3n) is 6.98. The average molecular weight is 547 g/mol. The van der Waals surface area contributed by atoms with Gasteiger partial charge in [0.2, 0.25) is 0 Å². The number of aryl methyl sites for hydroxylation is 1. The molecule has 6 nitrogen and oxygen atoms in total. The third-order valence-corrected chi connectivity index (χ3v) is 7.29. The van der Waals surface area contributed by atoms with E-state index in [1.807, 2.05) is 79.9 Å². The molecule has 2 atom stereocenters. The lowest BCUT2D eigenvalue weighted by molar-refractivity contribution is 0.340. The van der Waals surface area contributed by atoms with Crippen LogP contribution < -0.4 is 19.7 Å². The number of anilines is 1. The van der Waals surface area contributed by atoms with Crippen LogP contribution in [0.5, 0.6) is 17.2 Å². The predicted molar refractivity (Wildman–Crippen MR) is 163 cm³/mol. The fourth-order valence-electron chi connectivity index (χ4n) is 5.09. The molecule has 1 fully saturated rings. The number of hydrogen-bond donors (Lipinski definition) is 1. The maximum atomic E-state index is 6.08. The molecule has 7 heteroatoms. The van der Waals surface area contributed by atoms with Gasteiger partial charge in [0.15, 0.2) is 5.11 Å². The Labute approximate surface area is 239 Å². The first kappa shape index (κ1) is 25.6. The number of nitrogens with zero attached hydrogens (tertiary/aromatic N) is 3. The summed E-state index contributed by atoms with van der Waals surface area (Å²) in [5.74, 6) is 2.42. The standard InChI is InChI=1S/C33H30N4O2S/c1-3-38-26-17-11-24(12-18-26)36-22-6-8-30(36)32-31(29-7-4-5-21-34-29)35-33(40)37(32)25-13-19-28(20-14-25)39-27-15-9-23(2)10-16-27/h4-22,31-32H,3H2,1-2H3,(H,35,40)/t31-,32-/m0/s1. The second kappa shape index (κ2) is 11.2. The van der Waals surface area contributed by atoms with E-state index in [4.69, 9.17) is 26.7 Å². The molecule has 3 aromatic carbocycles. The van der Waals surface area contributed by atoms with Crippen molar-refractivity contribution in [3.63, 3.8) is 0 Å². The fraction of sp³-hybridized carbons (Fsp3) is 0.152. The number of nitrogens with one attached hydrogen (secondary N) is 1. The van der Waals surface area contributed by atoms with E-state index in [0.29, 0.717) is 11.7 Å². The van der Waals surface area contributed by atoms with Gasteiger partial charge in [0.1, 0.15) is 23.3 Å². The Morgan fingerprint density at radius 2 is 1.48 bits per heavy atom. The van der Waals surface area contributed by atoms with Gasteiger partial charge >= 0.3 is 0 Å². The number of benzene rings is 3. The van der Waals surface area contributed by atoms with E-state index in [1.165, 1.54) is 5.56 Å². The number of thiocarbonyl (C=S) groups is 1. The summed E-state index contributed by atoms with van der Waals surface area (Å²) in [5.41, 5.74) is 5.23. The van der Waals surface area contributed by atoms with Gasteiger partial charge in [-0.25, -0.2) is 0 Å². The van der Waals surface area contributed by atoms with Gasteiger partial charge in [-0.05, 0) is 111 Å². The number of rotatable bonds is 8. The van der Waals surface area contributed by atoms with Crippen LogP contribution in [0.2, 0.25) is 0 Å². The molecular weight excluding hydrogens is 516 g/mol. The summed E-state index contributed by atoms with van der Waals surface area (Å²) in [6.45, 7) is 4.68. The lowest BCUT2D eigenvalue weighted by Gasteiger charge is -2.29. The van der Waals surface area contributed by atoms with Crippen molar-refractivity contribution in [2.45, 2.75) is 25.9 Å². The fourth-order valence-corrected chi connectivity index (χ4v) is 5.44. The minimum atomic E-state index is -0.146. The Kier molecular flexibility index (Phi) is 7.21. The topological polar surface area (TPSA) is 51.5 Å². The van der Waals surface area contributed by atoms with Gasteiger partial charge in [0, 0.05) is 29.5 Å². The summed E-state index contributed by atoms with van der Waals surface area (Å²) in [4.78, 5) is 6.86. The lowest BCUT2D eigenvalue weighted by atomic mass is 10.0. The van der Waals surface area contributed by atoms with Crippen molar-refractivity contribution >= 4 is 23.0 Å². The smallest absolute Gasteiger partial charge is 0.174 e. The Morgan fingerprint density at radius 3 is 2.15 bits per heavy atom. The zero-order valence-corrected chi connectivity index (χ0v) is 23.2. The predicted octanol–water partition coefficient (Wildman–Crippen LogP) is 7.55. The van der Waals surface area contributed by atoms with Gasteiger partial charge in [-0.15, -0.1) is 0 Å². The largest absolute Gasteiger partial charge is 0.494 e. The van der Waals surface area contributed by atoms with Crippen LogP contribution in [0.15, 0.2) is 116 Å². The van der Waals surface area contributed by atoms with Crippen LogP contribution in [0.25, 0.3) is 5.69 Å². The molecule has 0 aliphatic carbocycles. The first-order chi connectivity index (χ1) is 19.6. The van der Waals surface area contributed by atoms with Crippen LogP contribution in [-0.4, -0.2) is 21.3 Å². The number of aromatic nitrogens is 2. The summed E-state index contributed by atoms with van der Waals surface area (Å²) in [6, 6.07) is 34.2. The zero-order valence-electron chi connectivity index (χ0n) is 22.4. The van der Waals surface area contributed by atoms with E-state index in [-0.39, 0.29) is 12.1 Å². The molecule has 1 aliphatic heterocycles. The molecule has 0 spiro atoms. The minimum Gasteiger partial charge on any atom is -0.494 e. The normalized spacial score (nSPS) is 16.6. The Balaban J connectivity index is 1.37. The second-order valence-corrected chi connectivity index (χ2v) is 10.0. The molecule has 1 saturated heterocycles. The van der Waals surface area contributed by atoms with Gasteiger partial charge in [-0.3, -0.25) is 4.98 Å². The van der Waals surface area contributed by atoms with E-state index < -0.39 is 0 Å². The highest BCUT2D eigenvalue weighted by atomic mass is 32.1. The second-order valence-electron chi connectivity index (χ2n) is 9.64. The number of ether oxygens (including phenoxy) is 2. The number of hydrogen-bond acceptors (Lipinski definition) is 4. The SMILES string of the molecule is CCOc1ccc(-n2cccc2[C@H]2[C@H](c3ccccn3)NC(=S)N2c2ccc(Oc3ccc(C)cc3)cc2)cc1. The number of pyridine rings is 1. The Bertz CT molecular complexity index is 1580. The molecule has 1 N–H and O–H groups in total. The van der Waals surface area contributed by atoms with Crippen molar-refractivity contribution in [3.8, 4) is 22.9 Å². The van der Waals surface area contributed by atoms with E-state index in [9.17, 15) is 0 Å². The molecule has 0 bridgehead atoms. The van der Waals surface area contributed by atoms with E-state index in [1.54, 1.807) is 0 Å². The summed E-state index contributed by atoms with van der Waals surface area (Å²) in [7, 11) is 0. The molecule has 2 aromatic heterocycles. The highest BCUT2D eigenvalue weighted by Crippen LogP contribution is 2.42. The molecule has 1 aliphatic rings. The van der Waals surface area contributed by atoms with Crippen LogP contribution in [-0.2, 0) is 0 Å². The van der Waals surface area contributed by atoms with Crippen LogP contribution in [0.4, 0.5) is 5.69 Å². The third kappa shape index (κ3) is 5.16. The monoisotopic (exact) mass is 546 g/mol. The minimum absolute atomic E-state index is 0.145. The van der Waals surface area contributed by atoms with Gasteiger partial charge in [-0.2, -0.15) is 0 Å². The summed E-state index contributed by atoms with van der Waals surface area (Å²) >= 11 is 5.94. The highest BCUT2D eigenvalue weighted by Gasteiger charge is 2.42. The quantitative estimate of drug-likeness (QED) is 0.203. The van der Waals surface area contributed by atoms with Gasteiger partial charge in [-0.1, -0.05) is 23.8 Å². The summed E-state index contributed by atoms with van der Waals surface area (Å²) < 4.78 is 13.9. The molecule has 0 unspecified atom stereocenters. The van der Waals surface area contributed by atoms with Crippen LogP contribution in [0.1, 0.15) is 36.0 Å². The van der Waals surface area contributed by atoms with Gasteiger partial charge in [0.05, 0.1) is 18.3 Å². The zero-order chi connectivity index (χ0) is 27.5. The summed E-state index contributed by atoms with van der Waals surface area (Å²) in [5, 5.41) is 4.20. The molecular formula is C33H30N4O2S. The molecule has 3 heterocycles. The van der Waals surface area contributed by atoms with E-state index in [0.717, 1.165) is 40.0 Å². The molecule has 40 heavy (non-hydrogen) atoms. The maximum Gasteiger partial charge on any atom is 0.174 e. The average Bonchev–Trinajstić information content (AvgIpc) is 3.60. The van der Waals surface area contributed by atoms with Gasteiger partial charge < -0.3 is 24.3 Å². The molecule has 0 saturated carbocycles. The molecule has 200 valence electrons. The molecule has 6 rings (SSSR count). The van der Waals surface area contributed by atoms with Crippen molar-refractivity contribution in [1.82, 2.24) is 14.9 Å². The van der Waals surface area contributed by atoms with Crippen molar-refractivity contribution < 1.29 is 9.47 Å². The van der Waals surface area contributed by atoms with Gasteiger partial charge in [0.25, 0.3) is 0 Å². The van der Waals surface area contributed by atoms with E-state index in [2.05, 4.69) is 64.3 Å². The summed E-state index contributed by atoms with van der Waals surface area (Å²) in [6.07, 6.45) is 3.90. The van der Waals surface area contributed by atoms with Crippen LogP contribution >= 0.6 is 12.2 Å². The lowest BCUT2D eigenvalue weighted by Crippen LogP contribution is -2.30. The van der Waals surface area contributed by atoms with Crippen molar-refractivity contribution in [3.05, 3.63) is 132 Å². The van der Waals surface area contributed by atoms with Crippen LogP contribution in [0, 0.1) is 6.92 Å². The van der Waals surface area contributed by atoms with Crippen molar-refractivity contribution in [2.75, 3.05) is 11.5 Å². The molecule has 0 radical (unpaired) electrons. The molecule has 0 amide bonds. The van der Waals surface area contributed by atoms with E-state index >= 15 is 0 Å². The molecule has 5 aromatic rings. The Hall–Kier alpha value is -4.62. The van der Waals surface area contributed by atoms with Crippen LogP contribution in [0.3, 0.4) is 0 Å². The Morgan fingerprint density at radius 1 is 0.800 bits per heavy atom.